The van der Waals surface area contributed by atoms with Crippen LogP contribution in [0.1, 0.15) is 42.0 Å². The third-order valence-corrected chi connectivity index (χ3v) is 8.02. The topological polar surface area (TPSA) is 24.4 Å². The van der Waals surface area contributed by atoms with Gasteiger partial charge in [-0.2, -0.15) is 0 Å². The largest absolute Gasteiger partial charge is 0.341 e. The van der Waals surface area contributed by atoms with E-state index in [-0.39, 0.29) is 0 Å². The number of hydrogen-bond acceptors (Lipinski definition) is 1. The molecule has 34 heavy (non-hydrogen) atoms. The van der Waals surface area contributed by atoms with Crippen LogP contribution in [0.5, 0.6) is 0 Å². The van der Waals surface area contributed by atoms with Gasteiger partial charge in [0.05, 0.1) is 13.8 Å². The highest BCUT2D eigenvalue weighted by molar-refractivity contribution is 7.71. The Bertz CT molecular complexity index is 1160. The van der Waals surface area contributed by atoms with Crippen LogP contribution in [0, 0.1) is 13.8 Å². The number of para-hydroxylation sites is 1. The highest BCUT2D eigenvalue weighted by Gasteiger charge is 2.18. The standard InChI is InChI=1S/C31H33N2P/c1-4-5-15-26-20-22-27(23-21-26)31(32-30-24(2)13-12-14-25(30)3)33-34(28-16-8-6-9-17-28)29-18-10-7-11-19-29/h6-14,16-23H,4-5,15H2,1-3H3,(H,32,33). The van der Waals surface area contributed by atoms with Gasteiger partial charge >= 0.3 is 0 Å². The summed E-state index contributed by atoms with van der Waals surface area (Å²) in [6.07, 6.45) is 3.55. The number of aliphatic imine (C=N–C) groups is 1. The van der Waals surface area contributed by atoms with Crippen molar-refractivity contribution in [1.82, 2.24) is 5.09 Å². The summed E-state index contributed by atoms with van der Waals surface area (Å²) in [6, 6.07) is 36.7. The van der Waals surface area contributed by atoms with Gasteiger partial charge in [-0.25, -0.2) is 4.99 Å². The van der Waals surface area contributed by atoms with Crippen LogP contribution in [0.4, 0.5) is 5.69 Å². The van der Waals surface area contributed by atoms with Crippen LogP contribution in [0.15, 0.2) is 108 Å². The first-order valence-electron chi connectivity index (χ1n) is 12.1. The fraction of sp³-hybridized carbons (Fsp3) is 0.194. The van der Waals surface area contributed by atoms with E-state index in [1.807, 2.05) is 0 Å². The average Bonchev–Trinajstić information content (AvgIpc) is 2.88. The van der Waals surface area contributed by atoms with Crippen LogP contribution >= 0.6 is 8.07 Å². The number of benzene rings is 4. The molecule has 2 nitrogen and oxygen atoms in total. The van der Waals surface area contributed by atoms with Crippen LogP contribution in [-0.2, 0) is 6.42 Å². The molecule has 4 aromatic rings. The molecule has 0 fully saturated rings. The zero-order valence-corrected chi connectivity index (χ0v) is 21.2. The fourth-order valence-electron chi connectivity index (χ4n) is 4.00. The molecule has 4 aromatic carbocycles. The summed E-state index contributed by atoms with van der Waals surface area (Å²) < 4.78 is 0. The number of aryl methyl sites for hydroxylation is 3. The van der Waals surface area contributed by atoms with Gasteiger partial charge in [0.15, 0.2) is 0 Å². The lowest BCUT2D eigenvalue weighted by Gasteiger charge is -2.23. The van der Waals surface area contributed by atoms with Crippen molar-refractivity contribution < 1.29 is 0 Å². The first kappa shape index (κ1) is 23.9. The second-order valence-corrected chi connectivity index (χ2v) is 10.5. The van der Waals surface area contributed by atoms with Crippen LogP contribution < -0.4 is 15.7 Å². The molecule has 0 spiro atoms. The van der Waals surface area contributed by atoms with Crippen molar-refractivity contribution in [2.45, 2.75) is 40.0 Å². The third kappa shape index (κ3) is 6.01. The Morgan fingerprint density at radius 2 is 1.26 bits per heavy atom. The van der Waals surface area contributed by atoms with Crippen LogP contribution in [0.2, 0.25) is 0 Å². The van der Waals surface area contributed by atoms with E-state index in [4.69, 9.17) is 4.99 Å². The van der Waals surface area contributed by atoms with Crippen LogP contribution in [-0.4, -0.2) is 5.84 Å². The third-order valence-electron chi connectivity index (χ3n) is 5.96. The maximum absolute atomic E-state index is 5.23. The lowest BCUT2D eigenvalue weighted by Crippen LogP contribution is -2.29. The van der Waals surface area contributed by atoms with E-state index in [1.165, 1.54) is 40.1 Å². The molecular formula is C31H33N2P. The lowest BCUT2D eigenvalue weighted by molar-refractivity contribution is 0.795. The zero-order valence-electron chi connectivity index (χ0n) is 20.3. The maximum Gasteiger partial charge on any atom is 0.137 e. The number of nitrogens with one attached hydrogen (secondary N) is 1. The van der Waals surface area contributed by atoms with E-state index < -0.39 is 8.07 Å². The van der Waals surface area contributed by atoms with Gasteiger partial charge in [-0.05, 0) is 43.4 Å². The van der Waals surface area contributed by atoms with E-state index in [2.05, 4.69) is 129 Å². The van der Waals surface area contributed by atoms with Crippen molar-refractivity contribution in [2.24, 2.45) is 4.99 Å². The summed E-state index contributed by atoms with van der Waals surface area (Å²) in [5.74, 6) is 0.915. The smallest absolute Gasteiger partial charge is 0.137 e. The Hall–Kier alpha value is -3.22. The van der Waals surface area contributed by atoms with Gasteiger partial charge < -0.3 is 5.09 Å². The second-order valence-electron chi connectivity index (χ2n) is 8.62. The molecule has 0 saturated carbocycles. The molecule has 0 amide bonds. The molecule has 0 aliphatic carbocycles. The molecule has 0 bridgehead atoms. The summed E-state index contributed by atoms with van der Waals surface area (Å²) in [5, 5.41) is 6.43. The van der Waals surface area contributed by atoms with E-state index >= 15 is 0 Å². The van der Waals surface area contributed by atoms with E-state index in [9.17, 15) is 0 Å². The Morgan fingerprint density at radius 1 is 0.706 bits per heavy atom. The summed E-state index contributed by atoms with van der Waals surface area (Å²) >= 11 is 0. The summed E-state index contributed by atoms with van der Waals surface area (Å²) in [4.78, 5) is 5.23. The van der Waals surface area contributed by atoms with Gasteiger partial charge in [0.25, 0.3) is 0 Å². The Balaban J connectivity index is 1.79. The molecule has 0 unspecified atom stereocenters. The highest BCUT2D eigenvalue weighted by atomic mass is 31.1. The van der Waals surface area contributed by atoms with Crippen molar-refractivity contribution in [3.05, 3.63) is 125 Å². The van der Waals surface area contributed by atoms with Crippen molar-refractivity contribution >= 4 is 30.2 Å². The zero-order chi connectivity index (χ0) is 23.8. The molecule has 0 heterocycles. The van der Waals surface area contributed by atoms with Crippen molar-refractivity contribution in [3.63, 3.8) is 0 Å². The van der Waals surface area contributed by atoms with E-state index in [0.29, 0.717) is 0 Å². The summed E-state index contributed by atoms with van der Waals surface area (Å²) in [6.45, 7) is 6.51. The molecule has 0 aliphatic rings. The molecule has 1 N–H and O–H groups in total. The molecule has 4 rings (SSSR count). The highest BCUT2D eigenvalue weighted by Crippen LogP contribution is 2.31. The molecule has 3 heteroatoms. The fourth-order valence-corrected chi connectivity index (χ4v) is 5.88. The normalized spacial score (nSPS) is 11.6. The number of rotatable bonds is 8. The molecule has 172 valence electrons. The van der Waals surface area contributed by atoms with Crippen molar-refractivity contribution in [3.8, 4) is 0 Å². The SMILES string of the molecule is CCCCc1ccc(/C(=N\c2c(C)cccc2C)NP(c2ccccc2)c2ccccc2)cc1. The number of nitrogens with zero attached hydrogens (tertiary/aromatic N) is 1. The lowest BCUT2D eigenvalue weighted by atomic mass is 10.1. The van der Waals surface area contributed by atoms with Crippen LogP contribution in [0.25, 0.3) is 0 Å². The minimum Gasteiger partial charge on any atom is -0.341 e. The predicted molar refractivity (Wildman–Crippen MR) is 149 cm³/mol. The molecule has 0 radical (unpaired) electrons. The van der Waals surface area contributed by atoms with Crippen LogP contribution in [0.3, 0.4) is 0 Å². The summed E-state index contributed by atoms with van der Waals surface area (Å²) in [5.41, 5.74) is 5.90. The first-order valence-corrected chi connectivity index (χ1v) is 13.4. The van der Waals surface area contributed by atoms with Gasteiger partial charge in [0.1, 0.15) is 5.84 Å². The Labute approximate surface area is 205 Å². The number of amidine groups is 1. The molecule has 0 aromatic heterocycles. The summed E-state index contributed by atoms with van der Waals surface area (Å²) in [7, 11) is -0.827. The van der Waals surface area contributed by atoms with E-state index in [1.54, 1.807) is 0 Å². The quantitative estimate of drug-likeness (QED) is 0.164. The minimum atomic E-state index is -0.827. The van der Waals surface area contributed by atoms with Crippen molar-refractivity contribution in [2.75, 3.05) is 0 Å². The molecule has 0 aliphatic heterocycles. The maximum atomic E-state index is 5.23. The monoisotopic (exact) mass is 464 g/mol. The molecule has 0 atom stereocenters. The van der Waals surface area contributed by atoms with Crippen molar-refractivity contribution in [1.29, 1.82) is 0 Å². The Morgan fingerprint density at radius 3 is 1.79 bits per heavy atom. The van der Waals surface area contributed by atoms with Gasteiger partial charge in [-0.3, -0.25) is 0 Å². The van der Waals surface area contributed by atoms with Gasteiger partial charge in [0, 0.05) is 16.2 Å². The minimum absolute atomic E-state index is 0.827. The predicted octanol–water partition coefficient (Wildman–Crippen LogP) is 7.36. The molecular weight excluding hydrogens is 431 g/mol. The van der Waals surface area contributed by atoms with Gasteiger partial charge in [-0.15, -0.1) is 0 Å². The Kier molecular flexibility index (Phi) is 8.28. The average molecular weight is 465 g/mol. The van der Waals surface area contributed by atoms with Gasteiger partial charge in [-0.1, -0.05) is 116 Å². The number of hydrogen-bond donors (Lipinski definition) is 1. The van der Waals surface area contributed by atoms with E-state index in [0.717, 1.165) is 23.5 Å². The van der Waals surface area contributed by atoms with Gasteiger partial charge in [0.2, 0.25) is 0 Å². The first-order chi connectivity index (χ1) is 16.7. The second kappa shape index (κ2) is 11.8. The molecule has 0 saturated heterocycles. The number of unbranched alkanes of at least 4 members (excludes halogenated alkanes) is 1.